The Balaban J connectivity index is 1.77. The van der Waals surface area contributed by atoms with Gasteiger partial charge in [0.15, 0.2) is 0 Å². The van der Waals surface area contributed by atoms with E-state index in [-0.39, 0.29) is 0 Å². The number of ether oxygens (including phenoxy) is 1. The fourth-order valence-electron chi connectivity index (χ4n) is 3.02. The Morgan fingerprint density at radius 2 is 1.68 bits per heavy atom. The maximum absolute atomic E-state index is 6.01. The first-order chi connectivity index (χ1) is 10.9. The zero-order valence-electron chi connectivity index (χ0n) is 14.3. The van der Waals surface area contributed by atoms with Gasteiger partial charge in [-0.05, 0) is 24.5 Å². The summed E-state index contributed by atoms with van der Waals surface area (Å²) in [6, 6.07) is 6.38. The van der Waals surface area contributed by atoms with E-state index in [0.29, 0.717) is 0 Å². The average Bonchev–Trinajstić information content (AvgIpc) is 2.94. The van der Waals surface area contributed by atoms with Gasteiger partial charge < -0.3 is 9.72 Å². The van der Waals surface area contributed by atoms with Crippen LogP contribution < -0.4 is 4.74 Å². The first-order valence-corrected chi connectivity index (χ1v) is 9.08. The van der Waals surface area contributed by atoms with Crippen LogP contribution in [0, 0.1) is 0 Å². The summed E-state index contributed by atoms with van der Waals surface area (Å²) >= 11 is 0. The largest absolute Gasteiger partial charge is 0.491 e. The molecule has 0 unspecified atom stereocenters. The molecule has 0 radical (unpaired) electrons. The van der Waals surface area contributed by atoms with Crippen LogP contribution in [0.25, 0.3) is 10.9 Å². The lowest BCUT2D eigenvalue weighted by Gasteiger charge is -2.07. The summed E-state index contributed by atoms with van der Waals surface area (Å²) in [5, 5.41) is 1.32. The minimum Gasteiger partial charge on any atom is -0.491 e. The second-order valence-corrected chi connectivity index (χ2v) is 6.21. The quantitative estimate of drug-likeness (QED) is 0.487. The van der Waals surface area contributed by atoms with Crippen molar-refractivity contribution in [3.8, 4) is 5.75 Å². The SMILES string of the molecule is CCCCCCCCCOc1cccc2c(CCC)c[nH]c12. The van der Waals surface area contributed by atoms with Gasteiger partial charge in [-0.25, -0.2) is 0 Å². The molecule has 0 spiro atoms. The van der Waals surface area contributed by atoms with Crippen molar-refractivity contribution in [3.05, 3.63) is 30.0 Å². The minimum atomic E-state index is 0.828. The fourth-order valence-corrected chi connectivity index (χ4v) is 3.02. The molecule has 2 rings (SSSR count). The van der Waals surface area contributed by atoms with E-state index in [1.54, 1.807) is 0 Å². The van der Waals surface area contributed by atoms with Crippen molar-refractivity contribution in [1.82, 2.24) is 4.98 Å². The lowest BCUT2D eigenvalue weighted by molar-refractivity contribution is 0.307. The molecule has 1 N–H and O–H groups in total. The average molecular weight is 301 g/mol. The molecular formula is C20H31NO. The van der Waals surface area contributed by atoms with E-state index in [0.717, 1.165) is 30.7 Å². The number of rotatable bonds is 11. The monoisotopic (exact) mass is 301 g/mol. The summed E-state index contributed by atoms with van der Waals surface area (Å²) in [5.74, 6) is 1.01. The van der Waals surface area contributed by atoms with Crippen LogP contribution in [0.3, 0.4) is 0 Å². The summed E-state index contributed by atoms with van der Waals surface area (Å²) in [5.41, 5.74) is 2.56. The van der Waals surface area contributed by atoms with Crippen LogP contribution in [0.4, 0.5) is 0 Å². The van der Waals surface area contributed by atoms with Crippen LogP contribution in [-0.2, 0) is 6.42 Å². The summed E-state index contributed by atoms with van der Waals surface area (Å²) < 4.78 is 6.01. The van der Waals surface area contributed by atoms with Gasteiger partial charge in [-0.1, -0.05) is 70.9 Å². The van der Waals surface area contributed by atoms with Crippen LogP contribution in [0.5, 0.6) is 5.75 Å². The molecule has 1 aromatic carbocycles. The number of aromatic nitrogens is 1. The molecule has 0 aliphatic carbocycles. The third-order valence-electron chi connectivity index (χ3n) is 4.29. The van der Waals surface area contributed by atoms with E-state index in [1.165, 1.54) is 55.9 Å². The molecule has 0 amide bonds. The fraction of sp³-hybridized carbons (Fsp3) is 0.600. The smallest absolute Gasteiger partial charge is 0.143 e. The number of hydrogen-bond donors (Lipinski definition) is 1. The molecule has 2 nitrogen and oxygen atoms in total. The number of benzene rings is 1. The van der Waals surface area contributed by atoms with Gasteiger partial charge in [0.1, 0.15) is 5.75 Å². The van der Waals surface area contributed by atoms with Crippen LogP contribution in [0.2, 0.25) is 0 Å². The van der Waals surface area contributed by atoms with Crippen LogP contribution >= 0.6 is 0 Å². The predicted molar refractivity (Wildman–Crippen MR) is 95.8 cm³/mol. The molecule has 2 aromatic rings. The minimum absolute atomic E-state index is 0.828. The van der Waals surface area contributed by atoms with Crippen LogP contribution in [-0.4, -0.2) is 11.6 Å². The molecule has 0 fully saturated rings. The summed E-state index contributed by atoms with van der Waals surface area (Å²) in [6.07, 6.45) is 13.7. The number of fused-ring (bicyclic) bond motifs is 1. The van der Waals surface area contributed by atoms with Crippen LogP contribution in [0.1, 0.15) is 70.8 Å². The Hall–Kier alpha value is -1.44. The number of unbranched alkanes of at least 4 members (excludes halogenated alkanes) is 6. The second-order valence-electron chi connectivity index (χ2n) is 6.21. The second kappa shape index (κ2) is 9.55. The summed E-state index contributed by atoms with van der Waals surface area (Å²) in [6.45, 7) is 5.32. The van der Waals surface area contributed by atoms with Gasteiger partial charge in [-0.15, -0.1) is 0 Å². The number of aryl methyl sites for hydroxylation is 1. The molecule has 0 aliphatic rings. The zero-order valence-corrected chi connectivity index (χ0v) is 14.3. The highest BCUT2D eigenvalue weighted by molar-refractivity contribution is 5.88. The van der Waals surface area contributed by atoms with Crippen molar-refractivity contribution in [1.29, 1.82) is 0 Å². The first-order valence-electron chi connectivity index (χ1n) is 9.08. The van der Waals surface area contributed by atoms with E-state index in [2.05, 4.69) is 43.2 Å². The Morgan fingerprint density at radius 3 is 2.45 bits per heavy atom. The normalized spacial score (nSPS) is 11.2. The maximum atomic E-state index is 6.01. The third-order valence-corrected chi connectivity index (χ3v) is 4.29. The van der Waals surface area contributed by atoms with Crippen LogP contribution in [0.15, 0.2) is 24.4 Å². The number of hydrogen-bond acceptors (Lipinski definition) is 1. The molecule has 0 atom stereocenters. The highest BCUT2D eigenvalue weighted by atomic mass is 16.5. The van der Waals surface area contributed by atoms with E-state index in [4.69, 9.17) is 4.74 Å². The molecular weight excluding hydrogens is 270 g/mol. The first kappa shape index (κ1) is 16.9. The van der Waals surface area contributed by atoms with E-state index in [1.807, 2.05) is 0 Å². The van der Waals surface area contributed by atoms with Crippen molar-refractivity contribution in [2.45, 2.75) is 71.6 Å². The van der Waals surface area contributed by atoms with E-state index >= 15 is 0 Å². The van der Waals surface area contributed by atoms with Crippen molar-refractivity contribution >= 4 is 10.9 Å². The van der Waals surface area contributed by atoms with Gasteiger partial charge in [-0.3, -0.25) is 0 Å². The number of nitrogens with one attached hydrogen (secondary N) is 1. The van der Waals surface area contributed by atoms with Crippen molar-refractivity contribution in [2.24, 2.45) is 0 Å². The summed E-state index contributed by atoms with van der Waals surface area (Å²) in [7, 11) is 0. The van der Waals surface area contributed by atoms with Gasteiger partial charge in [-0.2, -0.15) is 0 Å². The molecule has 0 bridgehead atoms. The zero-order chi connectivity index (χ0) is 15.6. The lowest BCUT2D eigenvalue weighted by atomic mass is 10.1. The molecule has 0 aliphatic heterocycles. The molecule has 1 aromatic heterocycles. The standard InChI is InChI=1S/C20H31NO/c1-3-5-6-7-8-9-10-15-22-19-14-11-13-18-17(12-4-2)16-21-20(18)19/h11,13-14,16,21H,3-10,12,15H2,1-2H3. The topological polar surface area (TPSA) is 25.0 Å². The molecule has 2 heteroatoms. The van der Waals surface area contributed by atoms with E-state index in [9.17, 15) is 0 Å². The summed E-state index contributed by atoms with van der Waals surface area (Å²) in [4.78, 5) is 3.39. The maximum Gasteiger partial charge on any atom is 0.143 e. The Labute approximate surface area is 135 Å². The van der Waals surface area contributed by atoms with Gasteiger partial charge >= 0.3 is 0 Å². The molecule has 122 valence electrons. The van der Waals surface area contributed by atoms with Crippen molar-refractivity contribution in [3.63, 3.8) is 0 Å². The van der Waals surface area contributed by atoms with Gasteiger partial charge in [0.25, 0.3) is 0 Å². The Morgan fingerprint density at radius 1 is 0.909 bits per heavy atom. The molecule has 22 heavy (non-hydrogen) atoms. The molecule has 0 saturated heterocycles. The van der Waals surface area contributed by atoms with Gasteiger partial charge in [0.2, 0.25) is 0 Å². The highest BCUT2D eigenvalue weighted by Crippen LogP contribution is 2.28. The Bertz CT molecular complexity index is 544. The van der Waals surface area contributed by atoms with Crippen molar-refractivity contribution < 1.29 is 4.74 Å². The Kier molecular flexibility index (Phi) is 7.35. The third kappa shape index (κ3) is 4.79. The number of H-pyrrole nitrogens is 1. The lowest BCUT2D eigenvalue weighted by Crippen LogP contribution is -1.98. The van der Waals surface area contributed by atoms with Gasteiger partial charge in [0, 0.05) is 11.6 Å². The highest BCUT2D eigenvalue weighted by Gasteiger charge is 2.07. The van der Waals surface area contributed by atoms with E-state index < -0.39 is 0 Å². The number of para-hydroxylation sites is 1. The number of aromatic amines is 1. The molecule has 0 saturated carbocycles. The molecule has 1 heterocycles. The predicted octanol–water partition coefficient (Wildman–Crippen LogP) is 6.25. The van der Waals surface area contributed by atoms with Gasteiger partial charge in [0.05, 0.1) is 12.1 Å². The van der Waals surface area contributed by atoms with Crippen molar-refractivity contribution in [2.75, 3.05) is 6.61 Å².